The summed E-state index contributed by atoms with van der Waals surface area (Å²) >= 11 is 0. The van der Waals surface area contributed by atoms with Crippen molar-refractivity contribution in [2.45, 2.75) is 37.3 Å². The predicted octanol–water partition coefficient (Wildman–Crippen LogP) is 0.636. The Kier molecular flexibility index (Phi) is 5.29. The molecule has 116 valence electrons. The third-order valence-electron chi connectivity index (χ3n) is 4.75. The topological polar surface area (TPSA) is 43.0 Å². The van der Waals surface area contributed by atoms with Crippen LogP contribution in [0.25, 0.3) is 0 Å². The number of hydrogen-bond donors (Lipinski definition) is 1. The lowest BCUT2D eigenvalue weighted by atomic mass is 9.89. The minimum absolute atomic E-state index is 0.0279. The normalized spacial score (nSPS) is 35.7. The second kappa shape index (κ2) is 7.18. The first-order valence-corrected chi connectivity index (χ1v) is 8.12. The van der Waals surface area contributed by atoms with Gasteiger partial charge in [-0.25, -0.2) is 0 Å². The van der Waals surface area contributed by atoms with Crippen LogP contribution in [0.15, 0.2) is 0 Å². The molecule has 2 unspecified atom stereocenters. The molecule has 3 saturated heterocycles. The van der Waals surface area contributed by atoms with Crippen LogP contribution in [0.5, 0.6) is 0 Å². The third-order valence-corrected chi connectivity index (χ3v) is 4.75. The molecule has 1 N–H and O–H groups in total. The van der Waals surface area contributed by atoms with Crippen molar-refractivity contribution in [2.24, 2.45) is 0 Å². The fraction of sp³-hybridized carbons (Fsp3) is 1.00. The first kappa shape index (κ1) is 14.7. The van der Waals surface area contributed by atoms with Crippen molar-refractivity contribution in [2.75, 3.05) is 59.2 Å². The Hall–Kier alpha value is -0.200. The Labute approximate surface area is 121 Å². The molecule has 0 bridgehead atoms. The Morgan fingerprint density at radius 3 is 2.80 bits per heavy atom. The van der Waals surface area contributed by atoms with Crippen molar-refractivity contribution in [3.05, 3.63) is 0 Å². The van der Waals surface area contributed by atoms with Crippen LogP contribution in [0.4, 0.5) is 0 Å². The molecule has 20 heavy (non-hydrogen) atoms. The van der Waals surface area contributed by atoms with Crippen LogP contribution in [0.3, 0.4) is 0 Å². The summed E-state index contributed by atoms with van der Waals surface area (Å²) in [5.41, 5.74) is 0.0279. The fourth-order valence-corrected chi connectivity index (χ4v) is 3.50. The lowest BCUT2D eigenvalue weighted by Gasteiger charge is -2.37. The number of nitrogens with zero attached hydrogens (tertiary/aromatic N) is 1. The molecule has 0 amide bonds. The smallest absolute Gasteiger partial charge is 0.0951 e. The van der Waals surface area contributed by atoms with Crippen LogP contribution in [-0.2, 0) is 14.2 Å². The SMILES string of the molecule is C(CNC1CCOC2(CCOC2)C1)CN1CCOCC1. The van der Waals surface area contributed by atoms with Gasteiger partial charge < -0.3 is 19.5 Å². The van der Waals surface area contributed by atoms with E-state index < -0.39 is 0 Å². The van der Waals surface area contributed by atoms with Gasteiger partial charge in [0.15, 0.2) is 0 Å². The van der Waals surface area contributed by atoms with E-state index in [2.05, 4.69) is 10.2 Å². The van der Waals surface area contributed by atoms with Crippen LogP contribution in [0, 0.1) is 0 Å². The molecule has 3 fully saturated rings. The maximum atomic E-state index is 5.97. The highest BCUT2D eigenvalue weighted by Crippen LogP contribution is 2.32. The molecular weight excluding hydrogens is 256 g/mol. The monoisotopic (exact) mass is 284 g/mol. The highest BCUT2D eigenvalue weighted by Gasteiger charge is 2.40. The van der Waals surface area contributed by atoms with Gasteiger partial charge in [0.1, 0.15) is 0 Å². The molecule has 0 radical (unpaired) electrons. The average Bonchev–Trinajstić information content (AvgIpc) is 2.93. The molecule has 3 heterocycles. The molecule has 2 atom stereocenters. The molecule has 0 aliphatic carbocycles. The zero-order chi connectivity index (χ0) is 13.7. The van der Waals surface area contributed by atoms with E-state index in [4.69, 9.17) is 14.2 Å². The molecule has 3 aliphatic rings. The maximum Gasteiger partial charge on any atom is 0.0951 e. The number of morpholine rings is 1. The molecule has 1 spiro atoms. The van der Waals surface area contributed by atoms with E-state index in [9.17, 15) is 0 Å². The molecule has 5 heteroatoms. The Bertz CT molecular complexity index is 289. The second-order valence-corrected chi connectivity index (χ2v) is 6.29. The lowest BCUT2D eigenvalue weighted by molar-refractivity contribution is -0.0892. The summed E-state index contributed by atoms with van der Waals surface area (Å²) in [6.45, 7) is 8.82. The number of rotatable bonds is 5. The van der Waals surface area contributed by atoms with Crippen LogP contribution in [-0.4, -0.2) is 75.8 Å². The zero-order valence-electron chi connectivity index (χ0n) is 12.4. The van der Waals surface area contributed by atoms with Crippen LogP contribution < -0.4 is 5.32 Å². The molecular formula is C15H28N2O3. The molecule has 0 aromatic carbocycles. The summed E-state index contributed by atoms with van der Waals surface area (Å²) in [6, 6.07) is 0.607. The molecule has 0 aromatic heterocycles. The van der Waals surface area contributed by atoms with E-state index in [0.29, 0.717) is 6.04 Å². The largest absolute Gasteiger partial charge is 0.379 e. The maximum absolute atomic E-state index is 5.97. The van der Waals surface area contributed by atoms with Gasteiger partial charge in [-0.2, -0.15) is 0 Å². The summed E-state index contributed by atoms with van der Waals surface area (Å²) in [7, 11) is 0. The Morgan fingerprint density at radius 2 is 2.00 bits per heavy atom. The fourth-order valence-electron chi connectivity index (χ4n) is 3.50. The minimum atomic E-state index is 0.0279. The van der Waals surface area contributed by atoms with Gasteiger partial charge in [0, 0.05) is 38.8 Å². The summed E-state index contributed by atoms with van der Waals surface area (Å²) in [5.74, 6) is 0. The van der Waals surface area contributed by atoms with Crippen molar-refractivity contribution in [1.82, 2.24) is 10.2 Å². The molecule has 3 rings (SSSR count). The minimum Gasteiger partial charge on any atom is -0.379 e. The lowest BCUT2D eigenvalue weighted by Crippen LogP contribution is -2.48. The van der Waals surface area contributed by atoms with Crippen molar-refractivity contribution in [3.8, 4) is 0 Å². The van der Waals surface area contributed by atoms with Gasteiger partial charge in [-0.3, -0.25) is 4.90 Å². The van der Waals surface area contributed by atoms with Gasteiger partial charge >= 0.3 is 0 Å². The molecule has 5 nitrogen and oxygen atoms in total. The van der Waals surface area contributed by atoms with Gasteiger partial charge in [0.2, 0.25) is 0 Å². The van der Waals surface area contributed by atoms with Crippen molar-refractivity contribution in [3.63, 3.8) is 0 Å². The Morgan fingerprint density at radius 1 is 1.10 bits per heavy atom. The van der Waals surface area contributed by atoms with E-state index in [1.807, 2.05) is 0 Å². The summed E-state index contributed by atoms with van der Waals surface area (Å²) < 4.78 is 16.9. The third kappa shape index (κ3) is 3.92. The van der Waals surface area contributed by atoms with Gasteiger partial charge in [0.25, 0.3) is 0 Å². The molecule has 0 aromatic rings. The van der Waals surface area contributed by atoms with E-state index in [1.165, 1.54) is 13.0 Å². The number of nitrogens with one attached hydrogen (secondary N) is 1. The van der Waals surface area contributed by atoms with Gasteiger partial charge in [-0.15, -0.1) is 0 Å². The highest BCUT2D eigenvalue weighted by molar-refractivity contribution is 4.92. The summed E-state index contributed by atoms with van der Waals surface area (Å²) in [6.07, 6.45) is 4.55. The first-order valence-electron chi connectivity index (χ1n) is 8.12. The van der Waals surface area contributed by atoms with Crippen molar-refractivity contribution in [1.29, 1.82) is 0 Å². The van der Waals surface area contributed by atoms with Gasteiger partial charge in [-0.05, 0) is 32.4 Å². The van der Waals surface area contributed by atoms with Crippen molar-refractivity contribution < 1.29 is 14.2 Å². The van der Waals surface area contributed by atoms with E-state index in [-0.39, 0.29) is 5.60 Å². The average molecular weight is 284 g/mol. The van der Waals surface area contributed by atoms with Gasteiger partial charge in [0.05, 0.1) is 25.4 Å². The summed E-state index contributed by atoms with van der Waals surface area (Å²) in [5, 5.41) is 3.72. The van der Waals surface area contributed by atoms with Gasteiger partial charge in [-0.1, -0.05) is 0 Å². The second-order valence-electron chi connectivity index (χ2n) is 6.29. The van der Waals surface area contributed by atoms with Crippen LogP contribution >= 0.6 is 0 Å². The quantitative estimate of drug-likeness (QED) is 0.750. The molecule has 0 saturated carbocycles. The first-order chi connectivity index (χ1) is 9.86. The van der Waals surface area contributed by atoms with E-state index in [1.54, 1.807) is 0 Å². The zero-order valence-corrected chi connectivity index (χ0v) is 12.4. The van der Waals surface area contributed by atoms with Crippen molar-refractivity contribution >= 4 is 0 Å². The van der Waals surface area contributed by atoms with E-state index >= 15 is 0 Å². The van der Waals surface area contributed by atoms with E-state index in [0.717, 1.165) is 71.9 Å². The predicted molar refractivity (Wildman–Crippen MR) is 77.0 cm³/mol. The van der Waals surface area contributed by atoms with Crippen LogP contribution in [0.1, 0.15) is 25.7 Å². The highest BCUT2D eigenvalue weighted by atomic mass is 16.6. The number of hydrogen-bond acceptors (Lipinski definition) is 5. The summed E-state index contributed by atoms with van der Waals surface area (Å²) in [4.78, 5) is 2.50. The van der Waals surface area contributed by atoms with Crippen LogP contribution in [0.2, 0.25) is 0 Å². The number of ether oxygens (including phenoxy) is 3. The Balaban J connectivity index is 1.31. The standard InChI is InChI=1S/C15H28N2O3/c1(5-17-6-10-18-11-7-17)4-16-14-2-8-20-15(12-14)3-9-19-13-15/h14,16H,1-13H2. The molecule has 3 aliphatic heterocycles.